The molecule has 2 rings (SSSR count). The van der Waals surface area contributed by atoms with Crippen molar-refractivity contribution in [1.29, 1.82) is 0 Å². The van der Waals surface area contributed by atoms with Crippen molar-refractivity contribution in [2.75, 3.05) is 7.05 Å². The van der Waals surface area contributed by atoms with Crippen LogP contribution in [0.4, 0.5) is 4.39 Å². The van der Waals surface area contributed by atoms with Crippen molar-refractivity contribution in [1.82, 2.24) is 5.32 Å². The number of rotatable bonds is 4. The highest BCUT2D eigenvalue weighted by atomic mass is 79.9. The number of likely N-dealkylation sites (N-methyl/N-ethyl adjacent to an activating group) is 1. The van der Waals surface area contributed by atoms with Crippen LogP contribution in [0.15, 0.2) is 40.9 Å². The van der Waals surface area contributed by atoms with Crippen LogP contribution in [0.2, 0.25) is 0 Å². The third kappa shape index (κ3) is 3.47. The molecule has 0 spiro atoms. The van der Waals surface area contributed by atoms with Crippen LogP contribution in [0.1, 0.15) is 28.3 Å². The predicted octanol–water partition coefficient (Wildman–Crippen LogP) is 4.71. The van der Waals surface area contributed by atoms with Crippen molar-refractivity contribution in [2.45, 2.75) is 26.3 Å². The smallest absolute Gasteiger partial charge is 0.123 e. The molecule has 2 aromatic carbocycles. The normalized spacial score (nSPS) is 12.4. The first-order chi connectivity index (χ1) is 9.51. The maximum Gasteiger partial charge on any atom is 0.123 e. The highest BCUT2D eigenvalue weighted by molar-refractivity contribution is 9.10. The molecule has 2 aromatic rings. The van der Waals surface area contributed by atoms with Crippen LogP contribution in [0, 0.1) is 19.7 Å². The number of hydrogen-bond donors (Lipinski definition) is 1. The third-order valence-corrected chi connectivity index (χ3v) is 4.33. The Morgan fingerprint density at radius 1 is 1.15 bits per heavy atom. The topological polar surface area (TPSA) is 12.0 Å². The van der Waals surface area contributed by atoms with Gasteiger partial charge in [0.25, 0.3) is 0 Å². The number of benzene rings is 2. The van der Waals surface area contributed by atoms with E-state index in [1.54, 1.807) is 12.1 Å². The van der Waals surface area contributed by atoms with Gasteiger partial charge in [0.05, 0.1) is 0 Å². The van der Waals surface area contributed by atoms with E-state index in [4.69, 9.17) is 0 Å². The molecular weight excluding hydrogens is 317 g/mol. The predicted molar refractivity (Wildman–Crippen MR) is 85.5 cm³/mol. The molecule has 0 heterocycles. The first-order valence-corrected chi connectivity index (χ1v) is 7.49. The molecule has 20 heavy (non-hydrogen) atoms. The highest BCUT2D eigenvalue weighted by Gasteiger charge is 2.15. The van der Waals surface area contributed by atoms with Crippen LogP contribution >= 0.6 is 15.9 Å². The van der Waals surface area contributed by atoms with Gasteiger partial charge in [-0.3, -0.25) is 0 Å². The SMILES string of the molecule is CNC(Cc1cc(C)ccc1C)c1cc(F)ccc1Br. The average molecular weight is 336 g/mol. The van der Waals surface area contributed by atoms with Crippen LogP contribution in [0.25, 0.3) is 0 Å². The first kappa shape index (κ1) is 15.2. The maximum absolute atomic E-state index is 13.5. The molecule has 0 saturated heterocycles. The molecule has 0 aliphatic heterocycles. The molecule has 1 unspecified atom stereocenters. The van der Waals surface area contributed by atoms with Crippen LogP contribution in [0.5, 0.6) is 0 Å². The van der Waals surface area contributed by atoms with Gasteiger partial charge in [0.15, 0.2) is 0 Å². The second-order valence-electron chi connectivity index (χ2n) is 5.14. The van der Waals surface area contributed by atoms with Gasteiger partial charge in [-0.15, -0.1) is 0 Å². The Hall–Kier alpha value is -1.19. The number of aryl methyl sites for hydroxylation is 2. The van der Waals surface area contributed by atoms with Crippen LogP contribution in [-0.2, 0) is 6.42 Å². The average Bonchev–Trinajstić information content (AvgIpc) is 2.42. The molecule has 3 heteroatoms. The molecule has 0 aliphatic carbocycles. The Morgan fingerprint density at radius 3 is 2.60 bits per heavy atom. The molecule has 1 atom stereocenters. The maximum atomic E-state index is 13.5. The summed E-state index contributed by atoms with van der Waals surface area (Å²) in [5, 5.41) is 3.28. The second-order valence-corrected chi connectivity index (χ2v) is 6.00. The van der Waals surface area contributed by atoms with E-state index in [9.17, 15) is 4.39 Å². The van der Waals surface area contributed by atoms with Crippen molar-refractivity contribution in [3.05, 3.63) is 68.9 Å². The molecule has 1 N–H and O–H groups in total. The summed E-state index contributed by atoms with van der Waals surface area (Å²) in [4.78, 5) is 0. The quantitative estimate of drug-likeness (QED) is 0.853. The summed E-state index contributed by atoms with van der Waals surface area (Å²) in [5.41, 5.74) is 4.76. The molecule has 0 radical (unpaired) electrons. The molecule has 0 aromatic heterocycles. The van der Waals surface area contributed by atoms with Gasteiger partial charge in [0, 0.05) is 10.5 Å². The lowest BCUT2D eigenvalue weighted by Crippen LogP contribution is -2.20. The molecule has 106 valence electrons. The summed E-state index contributed by atoms with van der Waals surface area (Å²) in [6.07, 6.45) is 0.839. The molecule has 1 nitrogen and oxygen atoms in total. The largest absolute Gasteiger partial charge is 0.313 e. The van der Waals surface area contributed by atoms with E-state index in [1.165, 1.54) is 22.8 Å². The van der Waals surface area contributed by atoms with Gasteiger partial charge >= 0.3 is 0 Å². The monoisotopic (exact) mass is 335 g/mol. The van der Waals surface area contributed by atoms with Crippen LogP contribution in [-0.4, -0.2) is 7.05 Å². The summed E-state index contributed by atoms with van der Waals surface area (Å²) in [5.74, 6) is -0.204. The molecule has 0 amide bonds. The Balaban J connectivity index is 2.33. The Morgan fingerprint density at radius 2 is 1.90 bits per heavy atom. The van der Waals surface area contributed by atoms with Crippen LogP contribution < -0.4 is 5.32 Å². The van der Waals surface area contributed by atoms with Gasteiger partial charge in [-0.05, 0) is 62.2 Å². The van der Waals surface area contributed by atoms with Crippen molar-refractivity contribution < 1.29 is 4.39 Å². The zero-order chi connectivity index (χ0) is 14.7. The number of nitrogens with one attached hydrogen (secondary N) is 1. The Kier molecular flexibility index (Phi) is 4.95. The molecule has 0 aliphatic rings. The fourth-order valence-corrected chi connectivity index (χ4v) is 2.91. The van der Waals surface area contributed by atoms with Crippen molar-refractivity contribution in [2.24, 2.45) is 0 Å². The molecule has 0 fully saturated rings. The van der Waals surface area contributed by atoms with Gasteiger partial charge in [0.1, 0.15) is 5.82 Å². The van der Waals surface area contributed by atoms with E-state index < -0.39 is 0 Å². The fourth-order valence-electron chi connectivity index (χ4n) is 2.39. The number of hydrogen-bond acceptors (Lipinski definition) is 1. The highest BCUT2D eigenvalue weighted by Crippen LogP contribution is 2.28. The van der Waals surface area contributed by atoms with E-state index in [0.29, 0.717) is 0 Å². The first-order valence-electron chi connectivity index (χ1n) is 6.69. The third-order valence-electron chi connectivity index (χ3n) is 3.61. The van der Waals surface area contributed by atoms with Crippen LogP contribution in [0.3, 0.4) is 0 Å². The summed E-state index contributed by atoms with van der Waals surface area (Å²) >= 11 is 3.51. The zero-order valence-electron chi connectivity index (χ0n) is 12.0. The van der Waals surface area contributed by atoms with Gasteiger partial charge in [-0.25, -0.2) is 4.39 Å². The lowest BCUT2D eigenvalue weighted by atomic mass is 9.95. The van der Waals surface area contributed by atoms with Gasteiger partial charge < -0.3 is 5.32 Å². The Bertz CT molecular complexity index is 610. The van der Waals surface area contributed by atoms with Gasteiger partial charge in [-0.1, -0.05) is 39.7 Å². The standard InChI is InChI=1S/C17H19BrFN/c1-11-4-5-12(2)13(8-11)9-17(20-3)15-10-14(19)6-7-16(15)18/h4-8,10,17,20H,9H2,1-3H3. The summed E-state index contributed by atoms with van der Waals surface area (Å²) < 4.78 is 14.4. The Labute approximate surface area is 128 Å². The zero-order valence-corrected chi connectivity index (χ0v) is 13.6. The van der Waals surface area contributed by atoms with E-state index in [-0.39, 0.29) is 11.9 Å². The van der Waals surface area contributed by atoms with Crippen molar-refractivity contribution in [3.63, 3.8) is 0 Å². The minimum atomic E-state index is -0.204. The van der Waals surface area contributed by atoms with E-state index in [1.807, 2.05) is 7.05 Å². The fraction of sp³-hybridized carbons (Fsp3) is 0.294. The molecule has 0 bridgehead atoms. The van der Waals surface area contributed by atoms with E-state index in [0.717, 1.165) is 16.5 Å². The van der Waals surface area contributed by atoms with Gasteiger partial charge in [-0.2, -0.15) is 0 Å². The molecular formula is C17H19BrFN. The lowest BCUT2D eigenvalue weighted by molar-refractivity contribution is 0.574. The minimum absolute atomic E-state index is 0.0839. The second kappa shape index (κ2) is 6.51. The van der Waals surface area contributed by atoms with Crippen molar-refractivity contribution in [3.8, 4) is 0 Å². The minimum Gasteiger partial charge on any atom is -0.313 e. The van der Waals surface area contributed by atoms with Gasteiger partial charge in [0.2, 0.25) is 0 Å². The summed E-state index contributed by atoms with van der Waals surface area (Å²) in [6.45, 7) is 4.21. The van der Waals surface area contributed by atoms with Crippen molar-refractivity contribution >= 4 is 15.9 Å². The summed E-state index contributed by atoms with van der Waals surface area (Å²) in [6, 6.07) is 11.4. The summed E-state index contributed by atoms with van der Waals surface area (Å²) in [7, 11) is 1.91. The number of halogens is 2. The lowest BCUT2D eigenvalue weighted by Gasteiger charge is -2.20. The van der Waals surface area contributed by atoms with E-state index in [2.05, 4.69) is 53.3 Å². The van der Waals surface area contributed by atoms with E-state index >= 15 is 0 Å². The molecule has 0 saturated carbocycles.